The van der Waals surface area contributed by atoms with Crippen LogP contribution in [0, 0.1) is 0 Å². The summed E-state index contributed by atoms with van der Waals surface area (Å²) in [5.74, 6) is 1.95. The van der Waals surface area contributed by atoms with Gasteiger partial charge in [-0.1, -0.05) is 29.5 Å². The van der Waals surface area contributed by atoms with Gasteiger partial charge in [0.1, 0.15) is 5.75 Å². The highest BCUT2D eigenvalue weighted by atomic mass is 32.1. The number of rotatable bonds is 7. The summed E-state index contributed by atoms with van der Waals surface area (Å²) < 4.78 is 17.5. The van der Waals surface area contributed by atoms with Gasteiger partial charge in [-0.05, 0) is 12.1 Å². The number of hydrogen-bond acceptors (Lipinski definition) is 6. The van der Waals surface area contributed by atoms with E-state index in [1.165, 1.54) is 16.2 Å². The van der Waals surface area contributed by atoms with Crippen molar-refractivity contribution in [1.82, 2.24) is 4.98 Å². The lowest BCUT2D eigenvalue weighted by atomic mass is 10.3. The molecule has 1 aliphatic heterocycles. The Labute approximate surface area is 167 Å². The Morgan fingerprint density at radius 3 is 2.71 bits per heavy atom. The molecule has 4 rings (SSSR count). The molecule has 3 aromatic rings. The molecule has 0 spiro atoms. The molecule has 146 valence electrons. The predicted molar refractivity (Wildman–Crippen MR) is 108 cm³/mol. The standard InChI is InChI=1S/C20H21N3O4S/c1-22(2)8-9-23(19(24)12-25-14-6-4-3-5-7-14)20-21-15-10-16-17(27-13-26-16)11-18(15)28-20/h3-7,10-11H,8-9,12-13H2,1-2H3/p+1. The van der Waals surface area contributed by atoms with Gasteiger partial charge in [-0.2, -0.15) is 0 Å². The van der Waals surface area contributed by atoms with Crippen LogP contribution in [0.1, 0.15) is 0 Å². The van der Waals surface area contributed by atoms with Gasteiger partial charge in [0.15, 0.2) is 23.2 Å². The van der Waals surface area contributed by atoms with Crippen molar-refractivity contribution in [3.63, 3.8) is 0 Å². The molecule has 0 aliphatic carbocycles. The number of para-hydroxylation sites is 1. The molecule has 2 heterocycles. The topological polar surface area (TPSA) is 65.3 Å². The first kappa shape index (κ1) is 18.5. The Hall–Kier alpha value is -2.84. The molecule has 2 aromatic carbocycles. The fraction of sp³-hybridized carbons (Fsp3) is 0.300. The van der Waals surface area contributed by atoms with Crippen LogP contribution in [-0.4, -0.2) is 51.5 Å². The Kier molecular flexibility index (Phi) is 5.31. The van der Waals surface area contributed by atoms with E-state index in [4.69, 9.17) is 14.2 Å². The fourth-order valence-electron chi connectivity index (χ4n) is 2.82. The maximum Gasteiger partial charge on any atom is 0.266 e. The average Bonchev–Trinajstić information content (AvgIpc) is 3.30. The average molecular weight is 400 g/mol. The molecule has 0 saturated carbocycles. The first-order valence-electron chi connectivity index (χ1n) is 9.07. The van der Waals surface area contributed by atoms with E-state index >= 15 is 0 Å². The summed E-state index contributed by atoms with van der Waals surface area (Å²) in [6.07, 6.45) is 0. The number of likely N-dealkylation sites (N-methyl/N-ethyl adjacent to an activating group) is 1. The summed E-state index contributed by atoms with van der Waals surface area (Å²) >= 11 is 1.47. The Morgan fingerprint density at radius 2 is 1.96 bits per heavy atom. The first-order valence-corrected chi connectivity index (χ1v) is 9.89. The molecule has 1 N–H and O–H groups in total. The maximum atomic E-state index is 12.9. The number of hydrogen-bond donors (Lipinski definition) is 1. The second kappa shape index (κ2) is 8.04. The molecule has 0 radical (unpaired) electrons. The van der Waals surface area contributed by atoms with Gasteiger partial charge in [-0.25, -0.2) is 4.98 Å². The minimum Gasteiger partial charge on any atom is -0.484 e. The zero-order chi connectivity index (χ0) is 19.5. The van der Waals surface area contributed by atoms with E-state index in [1.807, 2.05) is 42.5 Å². The largest absolute Gasteiger partial charge is 0.484 e. The van der Waals surface area contributed by atoms with E-state index in [9.17, 15) is 4.79 Å². The zero-order valence-corrected chi connectivity index (χ0v) is 16.6. The van der Waals surface area contributed by atoms with Crippen LogP contribution >= 0.6 is 11.3 Å². The van der Waals surface area contributed by atoms with Gasteiger partial charge in [-0.15, -0.1) is 0 Å². The number of thiazole rings is 1. The van der Waals surface area contributed by atoms with E-state index < -0.39 is 0 Å². The van der Waals surface area contributed by atoms with Crippen molar-refractivity contribution in [3.05, 3.63) is 42.5 Å². The summed E-state index contributed by atoms with van der Waals surface area (Å²) in [4.78, 5) is 20.5. The molecule has 0 fully saturated rings. The number of carbonyl (C=O) groups is 1. The molecule has 1 amide bonds. The molecule has 0 unspecified atom stereocenters. The smallest absolute Gasteiger partial charge is 0.266 e. The molecule has 0 bridgehead atoms. The van der Waals surface area contributed by atoms with Gasteiger partial charge >= 0.3 is 0 Å². The molecule has 1 aromatic heterocycles. The number of nitrogens with zero attached hydrogens (tertiary/aromatic N) is 2. The highest BCUT2D eigenvalue weighted by Crippen LogP contribution is 2.39. The van der Waals surface area contributed by atoms with Crippen molar-refractivity contribution in [1.29, 1.82) is 0 Å². The Morgan fingerprint density at radius 1 is 1.21 bits per heavy atom. The van der Waals surface area contributed by atoms with Gasteiger partial charge in [0.25, 0.3) is 5.91 Å². The normalized spacial score (nSPS) is 12.5. The molecular weight excluding hydrogens is 378 g/mol. The molecular formula is C20H22N3O4S+. The fourth-order valence-corrected chi connectivity index (χ4v) is 3.84. The Balaban J connectivity index is 1.56. The number of aromatic nitrogens is 1. The number of carbonyl (C=O) groups excluding carboxylic acids is 1. The maximum absolute atomic E-state index is 12.9. The minimum atomic E-state index is -0.121. The third-order valence-electron chi connectivity index (χ3n) is 4.34. The second-order valence-electron chi connectivity index (χ2n) is 6.77. The van der Waals surface area contributed by atoms with Crippen LogP contribution in [0.3, 0.4) is 0 Å². The Bertz CT molecular complexity index is 933. The molecule has 0 saturated heterocycles. The van der Waals surface area contributed by atoms with E-state index in [2.05, 4.69) is 19.1 Å². The zero-order valence-electron chi connectivity index (χ0n) is 15.8. The number of ether oxygens (including phenoxy) is 3. The van der Waals surface area contributed by atoms with Crippen LogP contribution in [0.4, 0.5) is 5.13 Å². The summed E-state index contributed by atoms with van der Waals surface area (Å²) in [7, 11) is 4.11. The molecule has 0 atom stereocenters. The van der Waals surface area contributed by atoms with Gasteiger partial charge in [0, 0.05) is 12.1 Å². The van der Waals surface area contributed by atoms with Crippen LogP contribution in [-0.2, 0) is 4.79 Å². The summed E-state index contributed by atoms with van der Waals surface area (Å²) in [6, 6.07) is 13.1. The SMILES string of the molecule is C[NH+](C)CCN(C(=O)COc1ccccc1)c1nc2cc3c(cc2s1)OCO3. The van der Waals surface area contributed by atoms with E-state index in [-0.39, 0.29) is 19.3 Å². The number of quaternary nitrogens is 1. The van der Waals surface area contributed by atoms with Gasteiger partial charge in [-0.3, -0.25) is 9.69 Å². The number of benzene rings is 2. The second-order valence-corrected chi connectivity index (χ2v) is 7.78. The van der Waals surface area contributed by atoms with Crippen LogP contribution in [0.15, 0.2) is 42.5 Å². The predicted octanol–water partition coefficient (Wildman–Crippen LogP) is 1.58. The van der Waals surface area contributed by atoms with Gasteiger partial charge in [0.05, 0.1) is 37.4 Å². The van der Waals surface area contributed by atoms with Crippen molar-refractivity contribution >= 4 is 32.6 Å². The highest BCUT2D eigenvalue weighted by Gasteiger charge is 2.23. The van der Waals surface area contributed by atoms with E-state index in [0.29, 0.717) is 28.9 Å². The van der Waals surface area contributed by atoms with Crippen molar-refractivity contribution in [2.24, 2.45) is 0 Å². The summed E-state index contributed by atoms with van der Waals surface area (Å²) in [6.45, 7) is 1.56. The monoisotopic (exact) mass is 400 g/mol. The van der Waals surface area contributed by atoms with Crippen LogP contribution in [0.25, 0.3) is 10.2 Å². The third-order valence-corrected chi connectivity index (χ3v) is 5.39. The molecule has 8 heteroatoms. The van der Waals surface area contributed by atoms with Crippen LogP contribution in [0.2, 0.25) is 0 Å². The van der Waals surface area contributed by atoms with Crippen molar-refractivity contribution in [2.45, 2.75) is 0 Å². The van der Waals surface area contributed by atoms with Gasteiger partial charge < -0.3 is 19.1 Å². The van der Waals surface area contributed by atoms with E-state index in [1.54, 1.807) is 4.90 Å². The highest BCUT2D eigenvalue weighted by molar-refractivity contribution is 7.22. The van der Waals surface area contributed by atoms with Crippen molar-refractivity contribution < 1.29 is 23.9 Å². The molecule has 28 heavy (non-hydrogen) atoms. The summed E-state index contributed by atoms with van der Waals surface area (Å²) in [5.41, 5.74) is 0.795. The minimum absolute atomic E-state index is 0.0363. The third kappa shape index (κ3) is 4.02. The number of amides is 1. The molecule has 1 aliphatic rings. The first-order chi connectivity index (χ1) is 13.6. The van der Waals surface area contributed by atoms with Crippen LogP contribution in [0.5, 0.6) is 17.2 Å². The lowest BCUT2D eigenvalue weighted by molar-refractivity contribution is -0.856. The van der Waals surface area contributed by atoms with Crippen molar-refractivity contribution in [2.75, 3.05) is 45.5 Å². The van der Waals surface area contributed by atoms with Crippen molar-refractivity contribution in [3.8, 4) is 17.2 Å². The quantitative estimate of drug-likeness (QED) is 0.652. The number of anilines is 1. The van der Waals surface area contributed by atoms with Crippen LogP contribution < -0.4 is 24.0 Å². The summed E-state index contributed by atoms with van der Waals surface area (Å²) in [5, 5.41) is 0.654. The lowest BCUT2D eigenvalue weighted by Gasteiger charge is -2.20. The lowest BCUT2D eigenvalue weighted by Crippen LogP contribution is -3.06. The molecule has 7 nitrogen and oxygen atoms in total. The number of nitrogens with one attached hydrogen (secondary N) is 1. The van der Waals surface area contributed by atoms with E-state index in [0.717, 1.165) is 16.8 Å². The van der Waals surface area contributed by atoms with Gasteiger partial charge in [0.2, 0.25) is 6.79 Å². The number of fused-ring (bicyclic) bond motifs is 2.